The molecule has 0 unspecified atom stereocenters. The zero-order chi connectivity index (χ0) is 0. The van der Waals surface area contributed by atoms with Crippen LogP contribution in [0.1, 0.15) is 9.99 Å². The van der Waals surface area contributed by atoms with Crippen molar-refractivity contribution < 1.29 is 356 Å². The molecule has 0 aromatic rings. The standard InChI is InChI=1S/8Ce.ClH.7H/h;;;;;;;;1H;;;;;;;/q;;;;;;;;;7*-1/p-1. The van der Waals surface area contributed by atoms with Crippen LogP contribution in [0, 0.1) is 334 Å². The maximum Gasteiger partial charge on any atom is 0 e. The molecule has 0 rings (SSSR count). The van der Waals surface area contributed by atoms with Crippen LogP contribution < -0.4 is 12.4 Å². The van der Waals surface area contributed by atoms with Gasteiger partial charge in [0.15, 0.2) is 0 Å². The van der Waals surface area contributed by atoms with E-state index < -0.39 is 0 Å². The molecule has 0 aliphatic rings. The Morgan fingerprint density at radius 3 is 0.333 bits per heavy atom. The molecule has 0 N–H and O–H groups in total. The van der Waals surface area contributed by atoms with E-state index in [1.54, 1.807) is 0 Å². The number of rotatable bonds is 0. The maximum atomic E-state index is 0. The van der Waals surface area contributed by atoms with Crippen LogP contribution in [-0.4, -0.2) is 0 Å². The van der Waals surface area contributed by atoms with Gasteiger partial charge in [-0.15, -0.1) is 0 Å². The molecule has 0 fully saturated rings. The minimum atomic E-state index is 0. The third-order valence-corrected chi connectivity index (χ3v) is 0. The van der Waals surface area contributed by atoms with E-state index in [1.165, 1.54) is 0 Å². The molecule has 0 saturated carbocycles. The molecule has 0 amide bonds. The molecule has 0 bridgehead atoms. The predicted molar refractivity (Wildman–Crippen MR) is 7.78 cm³/mol. The fourth-order valence-electron chi connectivity index (χ4n) is 0. The summed E-state index contributed by atoms with van der Waals surface area (Å²) < 4.78 is 0. The quantitative estimate of drug-likeness (QED) is 0.259. The van der Waals surface area contributed by atoms with Crippen LogP contribution in [-0.2, 0) is 0 Å². The first-order valence-corrected chi connectivity index (χ1v) is 0. The monoisotopic (exact) mass is 1160 g/mol. The predicted octanol–water partition coefficient (Wildman–Crippen LogP) is -2.21. The van der Waals surface area contributed by atoms with Crippen LogP contribution in [0.3, 0.4) is 0 Å². The molecular formula is H7Ce8Cl-8. The fraction of sp³-hybridized carbons (Fsp3) is 0. The van der Waals surface area contributed by atoms with Gasteiger partial charge in [-0.25, -0.2) is 0 Å². The van der Waals surface area contributed by atoms with E-state index in [0.717, 1.165) is 0 Å². The largest absolute Gasteiger partial charge is 1.00 e. The normalized spacial score (nSPS) is 0. The van der Waals surface area contributed by atoms with Crippen LogP contribution in [0.15, 0.2) is 0 Å². The van der Waals surface area contributed by atoms with Gasteiger partial charge >= 0.3 is 0 Å². The molecule has 0 aliphatic carbocycles. The van der Waals surface area contributed by atoms with E-state index in [4.69, 9.17) is 0 Å². The Morgan fingerprint density at radius 1 is 0.333 bits per heavy atom. The summed E-state index contributed by atoms with van der Waals surface area (Å²) in [6.07, 6.45) is 0. The van der Waals surface area contributed by atoms with E-state index in [9.17, 15) is 0 Å². The summed E-state index contributed by atoms with van der Waals surface area (Å²) >= 11 is 0. The Balaban J connectivity index is 0. The van der Waals surface area contributed by atoms with E-state index in [2.05, 4.69) is 0 Å². The molecule has 9 heavy (non-hydrogen) atoms. The fourth-order valence-corrected chi connectivity index (χ4v) is 0. The molecule has 54 valence electrons. The zero-order valence-electron chi connectivity index (χ0n) is 11.4. The van der Waals surface area contributed by atoms with Gasteiger partial charge in [-0.1, -0.05) is 0 Å². The van der Waals surface area contributed by atoms with Gasteiger partial charge in [0.1, 0.15) is 0 Å². The van der Waals surface area contributed by atoms with Gasteiger partial charge in [0, 0.05) is 334 Å². The second-order valence-corrected chi connectivity index (χ2v) is 0. The topological polar surface area (TPSA) is 0 Å². The maximum absolute atomic E-state index is 0. The Kier molecular flexibility index (Phi) is 333. The Hall–Kier alpha value is 11.3. The van der Waals surface area contributed by atoms with Crippen molar-refractivity contribution >= 4 is 0 Å². The first kappa shape index (κ1) is 59.2. The van der Waals surface area contributed by atoms with Gasteiger partial charge < -0.3 is 22.4 Å². The van der Waals surface area contributed by atoms with Crippen molar-refractivity contribution in [2.24, 2.45) is 0 Å². The molecule has 0 saturated heterocycles. The molecule has 0 aromatic heterocycles. The van der Waals surface area contributed by atoms with E-state index in [-0.39, 0.29) is 356 Å². The molecule has 0 spiro atoms. The summed E-state index contributed by atoms with van der Waals surface area (Å²) in [5.41, 5.74) is 0. The molecule has 0 heterocycles. The number of halogens is 1. The molecule has 0 aromatic carbocycles. The second kappa shape index (κ2) is 50.6. The summed E-state index contributed by atoms with van der Waals surface area (Å²) in [5, 5.41) is 0. The first-order chi connectivity index (χ1) is 0. The summed E-state index contributed by atoms with van der Waals surface area (Å²) in [5.74, 6) is 0. The second-order valence-electron chi connectivity index (χ2n) is 0. The Bertz CT molecular complexity index is 20.3. The van der Waals surface area contributed by atoms with E-state index >= 15 is 0 Å². The van der Waals surface area contributed by atoms with Gasteiger partial charge in [-0.05, 0) is 0 Å². The van der Waals surface area contributed by atoms with Crippen molar-refractivity contribution in [3.05, 3.63) is 0 Å². The number of hydrogen-bond acceptors (Lipinski definition) is 0. The molecule has 0 radical (unpaired) electrons. The van der Waals surface area contributed by atoms with Gasteiger partial charge in [0.2, 0.25) is 0 Å². The minimum Gasteiger partial charge on any atom is -1.00 e. The minimum absolute atomic E-state index is 0. The van der Waals surface area contributed by atoms with Crippen LogP contribution in [0.4, 0.5) is 0 Å². The van der Waals surface area contributed by atoms with Crippen LogP contribution in [0.2, 0.25) is 0 Å². The van der Waals surface area contributed by atoms with Crippen LogP contribution >= 0.6 is 0 Å². The van der Waals surface area contributed by atoms with Gasteiger partial charge in [0.25, 0.3) is 0 Å². The van der Waals surface area contributed by atoms with Crippen molar-refractivity contribution in [2.75, 3.05) is 0 Å². The SMILES string of the molecule is [Ce].[Ce].[Ce].[Ce].[Ce].[Ce].[Ce].[Ce].[Cl-].[H-].[H-].[H-].[H-].[H-].[H-].[H-]. The Labute approximate surface area is 343 Å². The van der Waals surface area contributed by atoms with Gasteiger partial charge in [-0.3, -0.25) is 0 Å². The van der Waals surface area contributed by atoms with Crippen molar-refractivity contribution in [2.45, 2.75) is 0 Å². The van der Waals surface area contributed by atoms with Crippen molar-refractivity contribution in [3.8, 4) is 0 Å². The van der Waals surface area contributed by atoms with Crippen LogP contribution in [0.5, 0.6) is 0 Å². The summed E-state index contributed by atoms with van der Waals surface area (Å²) in [6.45, 7) is 0. The van der Waals surface area contributed by atoms with Crippen molar-refractivity contribution in [1.82, 2.24) is 0 Å². The van der Waals surface area contributed by atoms with Crippen LogP contribution in [0.25, 0.3) is 0 Å². The third-order valence-electron chi connectivity index (χ3n) is 0. The van der Waals surface area contributed by atoms with Crippen molar-refractivity contribution in [3.63, 3.8) is 0 Å². The summed E-state index contributed by atoms with van der Waals surface area (Å²) in [7, 11) is 0. The van der Waals surface area contributed by atoms with Crippen molar-refractivity contribution in [1.29, 1.82) is 0 Å². The molecule has 9 heteroatoms. The molecular weight excluding hydrogens is 1160 g/mol. The Morgan fingerprint density at radius 2 is 0.333 bits per heavy atom. The smallest absolute Gasteiger partial charge is 0 e. The van der Waals surface area contributed by atoms with Gasteiger partial charge in [-0.2, -0.15) is 0 Å². The zero-order valence-corrected chi connectivity index (χ0v) is 30.3. The summed E-state index contributed by atoms with van der Waals surface area (Å²) in [4.78, 5) is 0. The molecule has 0 aliphatic heterocycles. The summed E-state index contributed by atoms with van der Waals surface area (Å²) in [6, 6.07) is 0. The van der Waals surface area contributed by atoms with E-state index in [1.807, 2.05) is 0 Å². The molecule has 0 nitrogen and oxygen atoms in total. The van der Waals surface area contributed by atoms with Gasteiger partial charge in [0.05, 0.1) is 0 Å². The molecule has 0 atom stereocenters. The van der Waals surface area contributed by atoms with E-state index in [0.29, 0.717) is 0 Å². The third kappa shape index (κ3) is 45.2. The number of hydrogen-bond donors (Lipinski definition) is 0. The average molecular weight is 1160 g/mol. The first-order valence-electron chi connectivity index (χ1n) is 0. The average Bonchev–Trinajstić information content (AvgIpc) is 0.